The molecule has 1 aliphatic heterocycles. The minimum absolute atomic E-state index is 0.0941. The topological polar surface area (TPSA) is 85.9 Å². The summed E-state index contributed by atoms with van der Waals surface area (Å²) in [7, 11) is 0. The lowest BCUT2D eigenvalue weighted by Crippen LogP contribution is -2.45. The van der Waals surface area contributed by atoms with Crippen LogP contribution in [0.2, 0.25) is 0 Å². The second-order valence-electron chi connectivity index (χ2n) is 6.61. The predicted octanol–water partition coefficient (Wildman–Crippen LogP) is 1.38. The summed E-state index contributed by atoms with van der Waals surface area (Å²) in [5.74, 6) is -0.0941. The predicted molar refractivity (Wildman–Crippen MR) is 95.9 cm³/mol. The van der Waals surface area contributed by atoms with Gasteiger partial charge in [-0.3, -0.25) is 9.59 Å². The van der Waals surface area contributed by atoms with Crippen LogP contribution in [-0.2, 0) is 11.3 Å². The summed E-state index contributed by atoms with van der Waals surface area (Å²) in [5.41, 5.74) is 0.832. The van der Waals surface area contributed by atoms with Gasteiger partial charge in [-0.1, -0.05) is 23.4 Å². The van der Waals surface area contributed by atoms with Gasteiger partial charge in [0.05, 0.1) is 11.9 Å². The number of rotatable bonds is 3. The highest BCUT2D eigenvalue weighted by molar-refractivity contribution is 5.77. The second kappa shape index (κ2) is 6.70. The Hall–Kier alpha value is -3.03. The van der Waals surface area contributed by atoms with Crippen LogP contribution in [0.5, 0.6) is 0 Å². The van der Waals surface area contributed by atoms with Gasteiger partial charge in [0.2, 0.25) is 5.91 Å². The molecule has 0 aliphatic carbocycles. The molecule has 1 aliphatic rings. The zero-order valence-electron chi connectivity index (χ0n) is 14.6. The van der Waals surface area contributed by atoms with Gasteiger partial charge in [0.15, 0.2) is 5.65 Å². The summed E-state index contributed by atoms with van der Waals surface area (Å²) < 4.78 is 2.70. The normalized spacial score (nSPS) is 17.6. The standard InChI is InChI=1S/C18H20N6O2/c1-13-7-5-6-10-22(13)16(25)12-23-18(26)15-11-19-24(17(15)20-21-23)14-8-3-2-4-9-14/h2-4,8-9,11,13H,5-7,10,12H2,1H3/t13-/m0/s1. The number of amides is 1. The van der Waals surface area contributed by atoms with Gasteiger partial charge in [0.1, 0.15) is 11.9 Å². The molecule has 1 aromatic carbocycles. The first kappa shape index (κ1) is 16.4. The number of aromatic nitrogens is 5. The van der Waals surface area contributed by atoms with E-state index < -0.39 is 0 Å². The number of carbonyl (C=O) groups excluding carboxylic acids is 1. The van der Waals surface area contributed by atoms with Crippen molar-refractivity contribution in [3.63, 3.8) is 0 Å². The van der Waals surface area contributed by atoms with E-state index in [1.807, 2.05) is 42.2 Å². The molecule has 0 spiro atoms. The number of fused-ring (bicyclic) bond motifs is 1. The molecule has 26 heavy (non-hydrogen) atoms. The van der Waals surface area contributed by atoms with E-state index in [0.717, 1.165) is 36.2 Å². The van der Waals surface area contributed by atoms with Crippen LogP contribution in [0.3, 0.4) is 0 Å². The van der Waals surface area contributed by atoms with Crippen molar-refractivity contribution in [3.8, 4) is 5.69 Å². The van der Waals surface area contributed by atoms with Crippen LogP contribution in [0.15, 0.2) is 41.3 Å². The highest BCUT2D eigenvalue weighted by Gasteiger charge is 2.24. The van der Waals surface area contributed by atoms with Crippen molar-refractivity contribution in [2.24, 2.45) is 0 Å². The Morgan fingerprint density at radius 1 is 1.23 bits per heavy atom. The molecular formula is C18H20N6O2. The Morgan fingerprint density at radius 2 is 2.04 bits per heavy atom. The SMILES string of the molecule is C[C@H]1CCCCN1C(=O)Cn1nnc2c(cnn2-c2ccccc2)c1=O. The Morgan fingerprint density at radius 3 is 2.81 bits per heavy atom. The molecule has 0 N–H and O–H groups in total. The molecule has 2 aromatic heterocycles. The maximum atomic E-state index is 12.7. The van der Waals surface area contributed by atoms with E-state index in [9.17, 15) is 9.59 Å². The first-order chi connectivity index (χ1) is 12.6. The molecule has 4 rings (SSSR count). The van der Waals surface area contributed by atoms with E-state index in [1.54, 1.807) is 4.68 Å². The van der Waals surface area contributed by atoms with Gasteiger partial charge in [0, 0.05) is 12.6 Å². The summed E-state index contributed by atoms with van der Waals surface area (Å²) in [4.78, 5) is 27.1. The largest absolute Gasteiger partial charge is 0.338 e. The van der Waals surface area contributed by atoms with E-state index in [0.29, 0.717) is 11.0 Å². The first-order valence-electron chi connectivity index (χ1n) is 8.81. The maximum absolute atomic E-state index is 12.7. The first-order valence-corrected chi connectivity index (χ1v) is 8.81. The Kier molecular flexibility index (Phi) is 4.24. The average Bonchev–Trinajstić information content (AvgIpc) is 3.10. The summed E-state index contributed by atoms with van der Waals surface area (Å²) in [5, 5.41) is 12.7. The van der Waals surface area contributed by atoms with Gasteiger partial charge in [0.25, 0.3) is 5.56 Å². The Balaban J connectivity index is 1.64. The van der Waals surface area contributed by atoms with Crippen molar-refractivity contribution >= 4 is 16.9 Å². The molecule has 1 saturated heterocycles. The van der Waals surface area contributed by atoms with E-state index in [-0.39, 0.29) is 24.1 Å². The number of benzene rings is 1. The van der Waals surface area contributed by atoms with Crippen LogP contribution in [-0.4, -0.2) is 48.2 Å². The van der Waals surface area contributed by atoms with Gasteiger partial charge in [-0.15, -0.1) is 5.10 Å². The van der Waals surface area contributed by atoms with E-state index in [4.69, 9.17) is 0 Å². The Labute approximate surface area is 150 Å². The number of nitrogens with zero attached hydrogens (tertiary/aromatic N) is 6. The summed E-state index contributed by atoms with van der Waals surface area (Å²) in [6.45, 7) is 2.68. The minimum Gasteiger partial charge on any atom is -0.338 e. The van der Waals surface area contributed by atoms with Crippen molar-refractivity contribution in [1.29, 1.82) is 0 Å². The fourth-order valence-electron chi connectivity index (χ4n) is 3.41. The van der Waals surface area contributed by atoms with Gasteiger partial charge in [-0.05, 0) is 38.3 Å². The van der Waals surface area contributed by atoms with Gasteiger partial charge >= 0.3 is 0 Å². The number of para-hydroxylation sites is 1. The number of piperidine rings is 1. The van der Waals surface area contributed by atoms with Crippen LogP contribution in [0.1, 0.15) is 26.2 Å². The molecule has 8 heteroatoms. The van der Waals surface area contributed by atoms with Crippen molar-refractivity contribution in [3.05, 3.63) is 46.9 Å². The lowest BCUT2D eigenvalue weighted by atomic mass is 10.0. The fourth-order valence-corrected chi connectivity index (χ4v) is 3.41. The van der Waals surface area contributed by atoms with Gasteiger partial charge < -0.3 is 4.90 Å². The molecule has 134 valence electrons. The summed E-state index contributed by atoms with van der Waals surface area (Å²) >= 11 is 0. The Bertz CT molecular complexity index is 994. The zero-order valence-corrected chi connectivity index (χ0v) is 14.6. The third kappa shape index (κ3) is 2.87. The van der Waals surface area contributed by atoms with Crippen LogP contribution in [0, 0.1) is 0 Å². The monoisotopic (exact) mass is 352 g/mol. The summed E-state index contributed by atoms with van der Waals surface area (Å²) in [6.07, 6.45) is 4.61. The third-order valence-corrected chi connectivity index (χ3v) is 4.87. The van der Waals surface area contributed by atoms with Crippen molar-refractivity contribution in [2.75, 3.05) is 6.54 Å². The number of hydrogen-bond acceptors (Lipinski definition) is 5. The van der Waals surface area contributed by atoms with Crippen molar-refractivity contribution in [2.45, 2.75) is 38.8 Å². The summed E-state index contributed by atoms with van der Waals surface area (Å²) in [6, 6.07) is 9.62. The molecule has 0 bridgehead atoms. The van der Waals surface area contributed by atoms with E-state index in [2.05, 4.69) is 15.4 Å². The fraction of sp³-hybridized carbons (Fsp3) is 0.389. The van der Waals surface area contributed by atoms with Gasteiger partial charge in [-0.2, -0.15) is 5.10 Å². The maximum Gasteiger partial charge on any atom is 0.281 e. The number of hydrogen-bond donors (Lipinski definition) is 0. The molecule has 0 radical (unpaired) electrons. The van der Waals surface area contributed by atoms with Gasteiger partial charge in [-0.25, -0.2) is 9.36 Å². The lowest BCUT2D eigenvalue weighted by Gasteiger charge is -2.33. The molecule has 3 heterocycles. The molecule has 0 unspecified atom stereocenters. The molecule has 3 aromatic rings. The minimum atomic E-state index is -0.352. The smallest absolute Gasteiger partial charge is 0.281 e. The number of carbonyl (C=O) groups is 1. The molecular weight excluding hydrogens is 332 g/mol. The highest BCUT2D eigenvalue weighted by atomic mass is 16.2. The molecule has 1 atom stereocenters. The molecule has 0 saturated carbocycles. The molecule has 1 fully saturated rings. The van der Waals surface area contributed by atoms with E-state index in [1.165, 1.54) is 6.20 Å². The van der Waals surface area contributed by atoms with Crippen LogP contribution < -0.4 is 5.56 Å². The molecule has 8 nitrogen and oxygen atoms in total. The second-order valence-corrected chi connectivity index (χ2v) is 6.61. The molecule has 1 amide bonds. The zero-order chi connectivity index (χ0) is 18.1. The van der Waals surface area contributed by atoms with Crippen LogP contribution >= 0.6 is 0 Å². The van der Waals surface area contributed by atoms with Crippen molar-refractivity contribution < 1.29 is 4.79 Å². The van der Waals surface area contributed by atoms with E-state index >= 15 is 0 Å². The lowest BCUT2D eigenvalue weighted by molar-refractivity contribution is -0.135. The average molecular weight is 352 g/mol. The van der Waals surface area contributed by atoms with Crippen LogP contribution in [0.4, 0.5) is 0 Å². The quantitative estimate of drug-likeness (QED) is 0.711. The van der Waals surface area contributed by atoms with Crippen molar-refractivity contribution in [1.82, 2.24) is 29.7 Å². The number of likely N-dealkylation sites (tertiary alicyclic amines) is 1. The third-order valence-electron chi connectivity index (χ3n) is 4.87. The highest BCUT2D eigenvalue weighted by Crippen LogP contribution is 2.17. The van der Waals surface area contributed by atoms with Crippen LogP contribution in [0.25, 0.3) is 16.7 Å².